The van der Waals surface area contributed by atoms with Crippen LogP contribution in [0.2, 0.25) is 0 Å². The smallest absolute Gasteiger partial charge is 0.411 e. The molecule has 3 saturated heterocycles. The van der Waals surface area contributed by atoms with Gasteiger partial charge in [0.05, 0.1) is 18.2 Å². The van der Waals surface area contributed by atoms with Crippen molar-refractivity contribution in [2.24, 2.45) is 5.92 Å². The number of benzene rings is 1. The molecule has 3 fully saturated rings. The van der Waals surface area contributed by atoms with Crippen LogP contribution in [0.15, 0.2) is 30.3 Å². The molecule has 3 aliphatic rings. The monoisotopic (exact) mass is 343 g/mol. The van der Waals surface area contributed by atoms with Crippen LogP contribution < -0.4 is 0 Å². The quantitative estimate of drug-likeness (QED) is 0.821. The minimum absolute atomic E-state index is 0.0362. The second kappa shape index (κ2) is 6.79. The van der Waals surface area contributed by atoms with Crippen molar-refractivity contribution in [3.63, 3.8) is 0 Å². The number of rotatable bonds is 5. The van der Waals surface area contributed by atoms with Crippen LogP contribution in [0.3, 0.4) is 0 Å². The highest BCUT2D eigenvalue weighted by atomic mass is 16.6. The molecule has 0 N–H and O–H groups in total. The van der Waals surface area contributed by atoms with Gasteiger partial charge in [-0.15, -0.1) is 0 Å². The Morgan fingerprint density at radius 2 is 1.88 bits per heavy atom. The van der Waals surface area contributed by atoms with E-state index in [-0.39, 0.29) is 30.0 Å². The van der Waals surface area contributed by atoms with Crippen molar-refractivity contribution < 1.29 is 19.1 Å². The highest BCUT2D eigenvalue weighted by molar-refractivity contribution is 5.92. The standard InChI is InChI=1S/C20H25NO4/c1-2-3-9-14-16-10-11-17(25-16)18(19(14)22)21-15(12-24-20(21)23)13-7-5-4-6-8-13/h4-8,14-18H,2-3,9-12H2,1H3/t14-,15-,16+,17-,18+/m0/s1. The highest BCUT2D eigenvalue weighted by Gasteiger charge is 2.54. The Hall–Kier alpha value is -1.88. The molecular weight excluding hydrogens is 318 g/mol. The number of nitrogens with zero attached hydrogens (tertiary/aromatic N) is 1. The zero-order chi connectivity index (χ0) is 17.4. The van der Waals surface area contributed by atoms with E-state index in [0.29, 0.717) is 6.61 Å². The summed E-state index contributed by atoms with van der Waals surface area (Å²) in [6.07, 6.45) is 4.14. The van der Waals surface area contributed by atoms with Crippen LogP contribution in [0.5, 0.6) is 0 Å². The summed E-state index contributed by atoms with van der Waals surface area (Å²) in [7, 11) is 0. The van der Waals surface area contributed by atoms with Crippen molar-refractivity contribution in [2.75, 3.05) is 6.61 Å². The summed E-state index contributed by atoms with van der Waals surface area (Å²) in [5.41, 5.74) is 1.01. The van der Waals surface area contributed by atoms with E-state index in [9.17, 15) is 9.59 Å². The molecule has 2 bridgehead atoms. The molecule has 3 heterocycles. The minimum atomic E-state index is -0.513. The highest BCUT2D eigenvalue weighted by Crippen LogP contribution is 2.42. The Bertz CT molecular complexity index is 646. The normalized spacial score (nSPS) is 34.4. The fourth-order valence-electron chi connectivity index (χ4n) is 4.54. The van der Waals surface area contributed by atoms with E-state index < -0.39 is 12.1 Å². The Kier molecular flexibility index (Phi) is 4.50. The average molecular weight is 343 g/mol. The second-order valence-corrected chi connectivity index (χ2v) is 7.30. The van der Waals surface area contributed by atoms with E-state index in [2.05, 4.69) is 6.92 Å². The second-order valence-electron chi connectivity index (χ2n) is 7.30. The van der Waals surface area contributed by atoms with Crippen LogP contribution in [0.4, 0.5) is 4.79 Å². The van der Waals surface area contributed by atoms with Gasteiger partial charge in [-0.05, 0) is 24.8 Å². The van der Waals surface area contributed by atoms with Crippen molar-refractivity contribution in [3.05, 3.63) is 35.9 Å². The molecule has 5 nitrogen and oxygen atoms in total. The topological polar surface area (TPSA) is 55.8 Å². The molecule has 0 aliphatic carbocycles. The zero-order valence-corrected chi connectivity index (χ0v) is 14.6. The third-order valence-electron chi connectivity index (χ3n) is 5.81. The molecule has 0 unspecified atom stereocenters. The predicted octanol–water partition coefficient (Wildman–Crippen LogP) is 3.49. The van der Waals surface area contributed by atoms with E-state index in [4.69, 9.17) is 9.47 Å². The van der Waals surface area contributed by atoms with Crippen LogP contribution in [-0.4, -0.2) is 41.6 Å². The lowest BCUT2D eigenvalue weighted by molar-refractivity contribution is -0.149. The Morgan fingerprint density at radius 3 is 2.64 bits per heavy atom. The van der Waals surface area contributed by atoms with Gasteiger partial charge >= 0.3 is 6.09 Å². The van der Waals surface area contributed by atoms with Gasteiger partial charge in [0.15, 0.2) is 5.78 Å². The number of unbranched alkanes of at least 4 members (excludes halogenated alkanes) is 1. The summed E-state index contributed by atoms with van der Waals surface area (Å²) in [6, 6.07) is 9.09. The molecule has 1 amide bonds. The van der Waals surface area contributed by atoms with Crippen molar-refractivity contribution in [1.82, 2.24) is 4.90 Å². The van der Waals surface area contributed by atoms with Gasteiger partial charge in [0.25, 0.3) is 0 Å². The number of fused-ring (bicyclic) bond motifs is 2. The first-order valence-corrected chi connectivity index (χ1v) is 9.40. The first-order valence-electron chi connectivity index (χ1n) is 9.40. The first-order chi connectivity index (χ1) is 12.2. The van der Waals surface area contributed by atoms with Crippen LogP contribution >= 0.6 is 0 Å². The number of amides is 1. The van der Waals surface area contributed by atoms with Gasteiger partial charge in [0.2, 0.25) is 0 Å². The molecule has 25 heavy (non-hydrogen) atoms. The fraction of sp³-hybridized carbons (Fsp3) is 0.600. The summed E-state index contributed by atoms with van der Waals surface area (Å²) < 4.78 is 11.5. The third kappa shape index (κ3) is 2.84. The van der Waals surface area contributed by atoms with Gasteiger partial charge in [-0.3, -0.25) is 9.69 Å². The number of ketones is 1. The Labute approximate surface area is 148 Å². The molecule has 5 atom stereocenters. The molecule has 134 valence electrons. The van der Waals surface area contributed by atoms with Crippen molar-refractivity contribution in [3.8, 4) is 0 Å². The largest absolute Gasteiger partial charge is 0.447 e. The van der Waals surface area contributed by atoms with Gasteiger partial charge in [-0.1, -0.05) is 50.1 Å². The Balaban J connectivity index is 1.64. The zero-order valence-electron chi connectivity index (χ0n) is 14.6. The van der Waals surface area contributed by atoms with Gasteiger partial charge in [-0.25, -0.2) is 4.79 Å². The summed E-state index contributed by atoms with van der Waals surface area (Å²) >= 11 is 0. The molecule has 0 aromatic heterocycles. The Morgan fingerprint density at radius 1 is 1.12 bits per heavy atom. The third-order valence-corrected chi connectivity index (χ3v) is 5.81. The van der Waals surface area contributed by atoms with Gasteiger partial charge in [-0.2, -0.15) is 0 Å². The molecule has 1 aromatic rings. The number of cyclic esters (lactones) is 1. The van der Waals surface area contributed by atoms with Crippen molar-refractivity contribution in [2.45, 2.75) is 63.3 Å². The lowest BCUT2D eigenvalue weighted by atomic mass is 9.85. The lowest BCUT2D eigenvalue weighted by Crippen LogP contribution is -2.56. The van der Waals surface area contributed by atoms with E-state index in [1.807, 2.05) is 30.3 Å². The minimum Gasteiger partial charge on any atom is -0.447 e. The van der Waals surface area contributed by atoms with Crippen LogP contribution in [0.25, 0.3) is 0 Å². The van der Waals surface area contributed by atoms with Crippen molar-refractivity contribution >= 4 is 11.9 Å². The molecule has 1 aromatic carbocycles. The molecular formula is C20H25NO4. The van der Waals surface area contributed by atoms with Crippen LogP contribution in [0, 0.1) is 5.92 Å². The van der Waals surface area contributed by atoms with Gasteiger partial charge in [0.1, 0.15) is 12.6 Å². The summed E-state index contributed by atoms with van der Waals surface area (Å²) in [5.74, 6) is 0.0838. The SMILES string of the molecule is CCCC[C@@H]1C(=O)[C@H](N2C(=O)OC[C@H]2c2ccccc2)[C@@H]2CC[C@H]1O2. The molecule has 5 heteroatoms. The predicted molar refractivity (Wildman–Crippen MR) is 92.1 cm³/mol. The van der Waals surface area contributed by atoms with E-state index >= 15 is 0 Å². The molecule has 0 spiro atoms. The van der Waals surface area contributed by atoms with Gasteiger partial charge in [0, 0.05) is 5.92 Å². The maximum absolute atomic E-state index is 13.3. The lowest BCUT2D eigenvalue weighted by Gasteiger charge is -2.40. The van der Waals surface area contributed by atoms with E-state index in [0.717, 1.165) is 37.7 Å². The van der Waals surface area contributed by atoms with Crippen molar-refractivity contribution in [1.29, 1.82) is 0 Å². The fourth-order valence-corrected chi connectivity index (χ4v) is 4.54. The summed E-state index contributed by atoms with van der Waals surface area (Å²) in [5, 5.41) is 0. The molecule has 3 aliphatic heterocycles. The van der Waals surface area contributed by atoms with Crippen LogP contribution in [0.1, 0.15) is 50.6 Å². The summed E-state index contributed by atoms with van der Waals surface area (Å²) in [4.78, 5) is 27.4. The maximum Gasteiger partial charge on any atom is 0.411 e. The average Bonchev–Trinajstić information content (AvgIpc) is 3.22. The van der Waals surface area contributed by atoms with Crippen LogP contribution in [-0.2, 0) is 14.3 Å². The number of carbonyl (C=O) groups is 2. The summed E-state index contributed by atoms with van der Waals surface area (Å²) in [6.45, 7) is 2.43. The molecule has 0 saturated carbocycles. The number of ether oxygens (including phenoxy) is 2. The molecule has 0 radical (unpaired) electrons. The number of hydrogen-bond acceptors (Lipinski definition) is 4. The maximum atomic E-state index is 13.3. The van der Waals surface area contributed by atoms with Gasteiger partial charge < -0.3 is 9.47 Å². The van der Waals surface area contributed by atoms with E-state index in [1.54, 1.807) is 4.90 Å². The number of Topliss-reactive ketones (excluding diaryl/α,β-unsaturated/α-hetero) is 1. The van der Waals surface area contributed by atoms with E-state index in [1.165, 1.54) is 0 Å². The number of hydrogen-bond donors (Lipinski definition) is 0. The number of carbonyl (C=O) groups excluding carboxylic acids is 2. The molecule has 4 rings (SSSR count). The first kappa shape index (κ1) is 16.6.